The Labute approximate surface area is 121 Å². The summed E-state index contributed by atoms with van der Waals surface area (Å²) in [5, 5.41) is 3.92. The zero-order valence-electron chi connectivity index (χ0n) is 11.8. The van der Waals surface area contributed by atoms with E-state index >= 15 is 0 Å². The van der Waals surface area contributed by atoms with Crippen LogP contribution < -0.4 is 0 Å². The molecule has 2 aromatic rings. The van der Waals surface area contributed by atoms with Crippen LogP contribution in [0.15, 0.2) is 23.1 Å². The number of carbonyl (C=O) groups is 1. The van der Waals surface area contributed by atoms with Gasteiger partial charge in [-0.3, -0.25) is 9.78 Å². The molecule has 0 N–H and O–H groups in total. The molecule has 7 nitrogen and oxygen atoms in total. The van der Waals surface area contributed by atoms with Crippen LogP contribution >= 0.6 is 0 Å². The molecule has 2 heterocycles. The van der Waals surface area contributed by atoms with Crippen molar-refractivity contribution in [3.8, 4) is 11.5 Å². The predicted octanol–water partition coefficient (Wildman–Crippen LogP) is 1.90. The van der Waals surface area contributed by atoms with Crippen LogP contribution in [0.2, 0.25) is 0 Å². The van der Waals surface area contributed by atoms with Crippen LogP contribution in [0.1, 0.15) is 38.5 Å². The molecule has 2 aromatic heterocycles. The Kier molecular flexibility index (Phi) is 3.64. The van der Waals surface area contributed by atoms with Crippen LogP contribution in [0.5, 0.6) is 0 Å². The van der Waals surface area contributed by atoms with E-state index in [-0.39, 0.29) is 5.97 Å². The summed E-state index contributed by atoms with van der Waals surface area (Å²) in [4.78, 5) is 24.8. The fourth-order valence-corrected chi connectivity index (χ4v) is 2.69. The predicted molar refractivity (Wildman–Crippen MR) is 72.1 cm³/mol. The number of esters is 1. The lowest BCUT2D eigenvalue weighted by Gasteiger charge is -2.21. The molecular formula is C14H16N4O3. The monoisotopic (exact) mass is 288 g/mol. The van der Waals surface area contributed by atoms with Crippen LogP contribution in [0.3, 0.4) is 0 Å². The minimum absolute atomic E-state index is 0.281. The van der Waals surface area contributed by atoms with E-state index in [4.69, 9.17) is 9.26 Å². The zero-order valence-corrected chi connectivity index (χ0v) is 11.8. The summed E-state index contributed by atoms with van der Waals surface area (Å²) in [6.07, 6.45) is 7.93. The third kappa shape index (κ3) is 2.39. The number of carbonyl (C=O) groups excluding carboxylic acids is 1. The lowest BCUT2D eigenvalue weighted by Crippen LogP contribution is -2.35. The summed E-state index contributed by atoms with van der Waals surface area (Å²) in [5.74, 6) is 0.379. The first-order valence-electron chi connectivity index (χ1n) is 7.04. The second-order valence-corrected chi connectivity index (χ2v) is 5.02. The van der Waals surface area contributed by atoms with Crippen LogP contribution in [-0.4, -0.2) is 32.7 Å². The molecular weight excluding hydrogens is 272 g/mol. The Morgan fingerprint density at radius 2 is 2.19 bits per heavy atom. The smallest absolute Gasteiger partial charge is 0.321 e. The Balaban J connectivity index is 1.95. The number of ether oxygens (including phenoxy) is 1. The van der Waals surface area contributed by atoms with Crippen molar-refractivity contribution in [2.24, 2.45) is 0 Å². The average molecular weight is 288 g/mol. The summed E-state index contributed by atoms with van der Waals surface area (Å²) >= 11 is 0. The van der Waals surface area contributed by atoms with Gasteiger partial charge >= 0.3 is 5.97 Å². The lowest BCUT2D eigenvalue weighted by atomic mass is 9.86. The van der Waals surface area contributed by atoms with Gasteiger partial charge in [-0.2, -0.15) is 4.98 Å². The van der Waals surface area contributed by atoms with Crippen LogP contribution in [0.4, 0.5) is 0 Å². The fraction of sp³-hybridized carbons (Fsp3) is 0.500. The number of rotatable bonds is 4. The standard InChI is InChI=1S/C14H16N4O3/c1-2-20-13(19)14(5-3-4-6-14)12-17-11(18-21-12)10-9-15-7-8-16-10/h7-9H,2-6H2,1H3. The number of aromatic nitrogens is 4. The zero-order chi connectivity index (χ0) is 14.7. The number of nitrogens with zero attached hydrogens (tertiary/aromatic N) is 4. The minimum Gasteiger partial charge on any atom is -0.465 e. The van der Waals surface area contributed by atoms with E-state index < -0.39 is 5.41 Å². The van der Waals surface area contributed by atoms with E-state index in [2.05, 4.69) is 20.1 Å². The fourth-order valence-electron chi connectivity index (χ4n) is 2.69. The van der Waals surface area contributed by atoms with Crippen molar-refractivity contribution in [3.05, 3.63) is 24.5 Å². The molecule has 110 valence electrons. The molecule has 0 unspecified atom stereocenters. The van der Waals surface area contributed by atoms with E-state index in [1.807, 2.05) is 0 Å². The average Bonchev–Trinajstić information content (AvgIpc) is 3.18. The van der Waals surface area contributed by atoms with Crippen molar-refractivity contribution in [1.29, 1.82) is 0 Å². The molecule has 0 atom stereocenters. The van der Waals surface area contributed by atoms with Crippen molar-refractivity contribution >= 4 is 5.97 Å². The summed E-state index contributed by atoms with van der Waals surface area (Å²) < 4.78 is 10.5. The quantitative estimate of drug-likeness (QED) is 0.793. The van der Waals surface area contributed by atoms with Gasteiger partial charge in [0.1, 0.15) is 11.1 Å². The first-order chi connectivity index (χ1) is 10.3. The highest BCUT2D eigenvalue weighted by Crippen LogP contribution is 2.41. The molecule has 1 aliphatic carbocycles. The lowest BCUT2D eigenvalue weighted by molar-refractivity contribution is -0.151. The van der Waals surface area contributed by atoms with Gasteiger partial charge in [-0.15, -0.1) is 0 Å². The highest BCUT2D eigenvalue weighted by molar-refractivity contribution is 5.82. The van der Waals surface area contributed by atoms with Gasteiger partial charge in [0.25, 0.3) is 0 Å². The molecule has 21 heavy (non-hydrogen) atoms. The highest BCUT2D eigenvalue weighted by atomic mass is 16.5. The molecule has 0 bridgehead atoms. The molecule has 0 spiro atoms. The van der Waals surface area contributed by atoms with Gasteiger partial charge < -0.3 is 9.26 Å². The van der Waals surface area contributed by atoms with Gasteiger partial charge in [-0.05, 0) is 19.8 Å². The van der Waals surface area contributed by atoms with Crippen molar-refractivity contribution in [2.45, 2.75) is 38.0 Å². The SMILES string of the molecule is CCOC(=O)C1(c2nc(-c3cnccn3)no2)CCCC1. The van der Waals surface area contributed by atoms with Crippen molar-refractivity contribution < 1.29 is 14.1 Å². The molecule has 0 radical (unpaired) electrons. The van der Waals surface area contributed by atoms with E-state index in [0.717, 1.165) is 12.8 Å². The topological polar surface area (TPSA) is 91.0 Å². The second kappa shape index (κ2) is 5.59. The van der Waals surface area contributed by atoms with Gasteiger partial charge in [0, 0.05) is 12.4 Å². The van der Waals surface area contributed by atoms with Crippen LogP contribution in [0, 0.1) is 0 Å². The molecule has 0 aliphatic heterocycles. The summed E-state index contributed by atoms with van der Waals surface area (Å²) in [7, 11) is 0. The summed E-state index contributed by atoms with van der Waals surface area (Å²) in [6.45, 7) is 2.13. The molecule has 1 fully saturated rings. The normalized spacial score (nSPS) is 16.8. The maximum absolute atomic E-state index is 12.3. The molecule has 1 saturated carbocycles. The third-order valence-electron chi connectivity index (χ3n) is 3.75. The van der Waals surface area contributed by atoms with Gasteiger partial charge in [0.05, 0.1) is 12.8 Å². The molecule has 0 aromatic carbocycles. The van der Waals surface area contributed by atoms with E-state index in [1.165, 1.54) is 0 Å². The van der Waals surface area contributed by atoms with E-state index in [9.17, 15) is 4.79 Å². The highest BCUT2D eigenvalue weighted by Gasteiger charge is 2.49. The molecule has 3 rings (SSSR count). The Morgan fingerprint density at radius 3 is 2.86 bits per heavy atom. The first kappa shape index (κ1) is 13.7. The second-order valence-electron chi connectivity index (χ2n) is 5.02. The first-order valence-corrected chi connectivity index (χ1v) is 7.04. The Hall–Kier alpha value is -2.31. The largest absolute Gasteiger partial charge is 0.465 e. The maximum atomic E-state index is 12.3. The minimum atomic E-state index is -0.802. The van der Waals surface area contributed by atoms with Crippen LogP contribution in [-0.2, 0) is 14.9 Å². The number of hydrogen-bond acceptors (Lipinski definition) is 7. The van der Waals surface area contributed by atoms with Gasteiger partial charge in [0.15, 0.2) is 0 Å². The van der Waals surface area contributed by atoms with Gasteiger partial charge in [-0.25, -0.2) is 4.98 Å². The Morgan fingerprint density at radius 1 is 1.38 bits per heavy atom. The maximum Gasteiger partial charge on any atom is 0.321 e. The van der Waals surface area contributed by atoms with Crippen molar-refractivity contribution in [3.63, 3.8) is 0 Å². The van der Waals surface area contributed by atoms with Crippen molar-refractivity contribution in [1.82, 2.24) is 20.1 Å². The molecule has 0 amide bonds. The summed E-state index contributed by atoms with van der Waals surface area (Å²) in [5.41, 5.74) is -0.284. The summed E-state index contributed by atoms with van der Waals surface area (Å²) in [6, 6.07) is 0. The molecule has 0 saturated heterocycles. The third-order valence-corrected chi connectivity index (χ3v) is 3.75. The number of hydrogen-bond donors (Lipinski definition) is 0. The Bertz CT molecular complexity index is 620. The van der Waals surface area contributed by atoms with E-state index in [1.54, 1.807) is 25.5 Å². The van der Waals surface area contributed by atoms with Crippen LogP contribution in [0.25, 0.3) is 11.5 Å². The molecule has 1 aliphatic rings. The molecule has 7 heteroatoms. The van der Waals surface area contributed by atoms with Gasteiger partial charge in [-0.1, -0.05) is 18.0 Å². The van der Waals surface area contributed by atoms with E-state index in [0.29, 0.717) is 36.9 Å². The van der Waals surface area contributed by atoms with Gasteiger partial charge in [0.2, 0.25) is 11.7 Å². The van der Waals surface area contributed by atoms with Crippen molar-refractivity contribution in [2.75, 3.05) is 6.61 Å².